The first kappa shape index (κ1) is 23.1. The van der Waals surface area contributed by atoms with Gasteiger partial charge in [-0.1, -0.05) is 12.1 Å². The summed E-state index contributed by atoms with van der Waals surface area (Å²) in [6.45, 7) is 5.29. The molecule has 0 spiro atoms. The van der Waals surface area contributed by atoms with E-state index in [1.807, 2.05) is 18.2 Å². The Morgan fingerprint density at radius 3 is 2.69 bits per heavy atom. The predicted octanol–water partition coefficient (Wildman–Crippen LogP) is 4.31. The zero-order chi connectivity index (χ0) is 25.6. The van der Waals surface area contributed by atoms with Gasteiger partial charge in [0.1, 0.15) is 11.4 Å². The largest absolute Gasteiger partial charge is 0.444 e. The molecule has 2 atom stereocenters. The highest BCUT2D eigenvalue weighted by Gasteiger charge is 2.43. The van der Waals surface area contributed by atoms with Crippen molar-refractivity contribution in [3.8, 4) is 11.8 Å². The Bertz CT molecular complexity index is 1620. The van der Waals surface area contributed by atoms with Crippen molar-refractivity contribution in [1.82, 2.24) is 14.5 Å². The van der Waals surface area contributed by atoms with E-state index in [2.05, 4.69) is 26.7 Å². The van der Waals surface area contributed by atoms with Crippen molar-refractivity contribution in [1.29, 1.82) is 5.26 Å². The maximum atomic E-state index is 12.8. The molecule has 5 rings (SSSR count). The van der Waals surface area contributed by atoms with Crippen LogP contribution in [-0.2, 0) is 9.53 Å². The molecule has 36 heavy (non-hydrogen) atoms. The van der Waals surface area contributed by atoms with Crippen LogP contribution < -0.4 is 16.3 Å². The number of amides is 2. The molecular formula is C26H24N6O4. The van der Waals surface area contributed by atoms with Gasteiger partial charge in [0.15, 0.2) is 0 Å². The van der Waals surface area contributed by atoms with Crippen molar-refractivity contribution >= 4 is 45.3 Å². The maximum absolute atomic E-state index is 12.8. The van der Waals surface area contributed by atoms with E-state index in [1.54, 1.807) is 45.0 Å². The van der Waals surface area contributed by atoms with Gasteiger partial charge in [-0.2, -0.15) is 5.26 Å². The topological polar surface area (TPSA) is 142 Å². The van der Waals surface area contributed by atoms with Gasteiger partial charge in [0.05, 0.1) is 40.3 Å². The van der Waals surface area contributed by atoms with E-state index in [-0.39, 0.29) is 23.4 Å². The van der Waals surface area contributed by atoms with Crippen molar-refractivity contribution in [2.75, 3.05) is 10.6 Å². The molecule has 182 valence electrons. The number of pyridine rings is 1. The van der Waals surface area contributed by atoms with Crippen LogP contribution in [0.15, 0.2) is 53.5 Å². The van der Waals surface area contributed by atoms with Crippen molar-refractivity contribution in [2.24, 2.45) is 11.8 Å². The Morgan fingerprint density at radius 1 is 1.19 bits per heavy atom. The van der Waals surface area contributed by atoms with Gasteiger partial charge in [-0.3, -0.25) is 14.7 Å². The number of carbonyl (C=O) groups is 2. The summed E-state index contributed by atoms with van der Waals surface area (Å²) in [7, 11) is 0. The summed E-state index contributed by atoms with van der Waals surface area (Å²) >= 11 is 0. The summed E-state index contributed by atoms with van der Waals surface area (Å²) in [5, 5.41) is 15.8. The fourth-order valence-corrected chi connectivity index (χ4v) is 4.11. The van der Waals surface area contributed by atoms with Crippen molar-refractivity contribution in [3.05, 3.63) is 59.1 Å². The molecule has 10 heteroatoms. The summed E-state index contributed by atoms with van der Waals surface area (Å²) in [5.41, 5.74) is 1.20. The van der Waals surface area contributed by atoms with Crippen LogP contribution in [0.25, 0.3) is 27.5 Å². The number of nitrogens with zero attached hydrogens (tertiary/aromatic N) is 3. The lowest BCUT2D eigenvalue weighted by Crippen LogP contribution is -2.27. The second-order valence-electron chi connectivity index (χ2n) is 9.76. The molecule has 2 amide bonds. The molecule has 1 saturated carbocycles. The van der Waals surface area contributed by atoms with Gasteiger partial charge in [0.2, 0.25) is 5.91 Å². The van der Waals surface area contributed by atoms with E-state index in [9.17, 15) is 14.4 Å². The highest BCUT2D eigenvalue weighted by Crippen LogP contribution is 2.38. The number of carbonyl (C=O) groups excluding carboxylic acids is 2. The van der Waals surface area contributed by atoms with E-state index in [0.29, 0.717) is 45.4 Å². The fourth-order valence-electron chi connectivity index (χ4n) is 4.11. The molecule has 1 aliphatic carbocycles. The molecular weight excluding hydrogens is 460 g/mol. The number of hydrogen-bond donors (Lipinski definition) is 3. The average molecular weight is 485 g/mol. The van der Waals surface area contributed by atoms with E-state index in [1.165, 1.54) is 10.8 Å². The third kappa shape index (κ3) is 4.51. The fraction of sp³-hybridized carbons (Fsp3) is 0.269. The SMILES string of the molecule is CC(C)(C)OC(=O)Nc1cc(-n2c(=O)[nH]c3ccccc32)cc2cc(NC(=O)C3CC3C#N)ncc12. The van der Waals surface area contributed by atoms with Gasteiger partial charge in [-0.25, -0.2) is 14.6 Å². The van der Waals surface area contributed by atoms with Gasteiger partial charge in [-0.15, -0.1) is 0 Å². The monoisotopic (exact) mass is 484 g/mol. The summed E-state index contributed by atoms with van der Waals surface area (Å²) in [5.74, 6) is -0.560. The molecule has 1 aliphatic rings. The lowest BCUT2D eigenvalue weighted by Gasteiger charge is -2.20. The van der Waals surface area contributed by atoms with Gasteiger partial charge in [-0.05, 0) is 62.9 Å². The van der Waals surface area contributed by atoms with E-state index in [4.69, 9.17) is 10.00 Å². The molecule has 2 unspecified atom stereocenters. The van der Waals surface area contributed by atoms with E-state index < -0.39 is 11.7 Å². The maximum Gasteiger partial charge on any atom is 0.412 e. The van der Waals surface area contributed by atoms with Crippen LogP contribution in [0.5, 0.6) is 0 Å². The Kier molecular flexibility index (Phi) is 5.48. The third-order valence-electron chi connectivity index (χ3n) is 5.85. The first-order valence-corrected chi connectivity index (χ1v) is 11.5. The molecule has 1 fully saturated rings. The number of fused-ring (bicyclic) bond motifs is 2. The van der Waals surface area contributed by atoms with Crippen LogP contribution >= 0.6 is 0 Å². The minimum atomic E-state index is -0.703. The molecule has 0 aliphatic heterocycles. The lowest BCUT2D eigenvalue weighted by atomic mass is 10.1. The van der Waals surface area contributed by atoms with Crippen molar-refractivity contribution < 1.29 is 14.3 Å². The Hall–Kier alpha value is -4.65. The molecule has 0 bridgehead atoms. The van der Waals surface area contributed by atoms with Gasteiger partial charge in [0.25, 0.3) is 0 Å². The summed E-state index contributed by atoms with van der Waals surface area (Å²) < 4.78 is 6.93. The van der Waals surface area contributed by atoms with Gasteiger partial charge < -0.3 is 15.0 Å². The van der Waals surface area contributed by atoms with Gasteiger partial charge >= 0.3 is 11.8 Å². The smallest absolute Gasteiger partial charge is 0.412 e. The Morgan fingerprint density at radius 2 is 1.97 bits per heavy atom. The molecule has 3 N–H and O–H groups in total. The summed E-state index contributed by atoms with van der Waals surface area (Å²) in [6.07, 6.45) is 1.42. The number of benzene rings is 2. The first-order valence-electron chi connectivity index (χ1n) is 11.5. The number of H-pyrrole nitrogens is 1. The van der Waals surface area contributed by atoms with Crippen LogP contribution in [0.1, 0.15) is 27.2 Å². The average Bonchev–Trinajstić information content (AvgIpc) is 3.52. The highest BCUT2D eigenvalue weighted by molar-refractivity contribution is 6.03. The summed E-state index contributed by atoms with van der Waals surface area (Å²) in [6, 6.07) is 14.5. The normalized spacial score (nSPS) is 16.9. The van der Waals surface area contributed by atoms with E-state index >= 15 is 0 Å². The number of anilines is 2. The van der Waals surface area contributed by atoms with Crippen LogP contribution in [0, 0.1) is 23.2 Å². The van der Waals surface area contributed by atoms with Gasteiger partial charge in [0, 0.05) is 11.6 Å². The standard InChI is InChI=1S/C26H24N6O4/c1-26(2,3)36-25(35)30-20-11-16(32-21-7-5-4-6-19(21)29-24(32)34)8-14-10-22(28-13-18(14)20)31-23(33)17-9-15(17)12-27/h4-8,10-11,13,15,17H,9H2,1-3H3,(H,29,34)(H,30,35)(H,28,31,33). The Labute approximate surface area is 205 Å². The second-order valence-corrected chi connectivity index (χ2v) is 9.76. The van der Waals surface area contributed by atoms with Crippen LogP contribution in [0.2, 0.25) is 0 Å². The quantitative estimate of drug-likeness (QED) is 0.394. The molecule has 0 radical (unpaired) electrons. The number of imidazole rings is 1. The molecule has 0 saturated heterocycles. The number of para-hydroxylation sites is 2. The molecule has 10 nitrogen and oxygen atoms in total. The molecule has 2 aromatic carbocycles. The number of nitrogens with one attached hydrogen (secondary N) is 3. The molecule has 4 aromatic rings. The van der Waals surface area contributed by atoms with Crippen LogP contribution in [0.4, 0.5) is 16.3 Å². The van der Waals surface area contributed by atoms with E-state index in [0.717, 1.165) is 0 Å². The lowest BCUT2D eigenvalue weighted by molar-refractivity contribution is -0.117. The Balaban J connectivity index is 1.60. The molecule has 2 heterocycles. The minimum absolute atomic E-state index is 0.260. The number of ether oxygens (including phenoxy) is 1. The van der Waals surface area contributed by atoms with Crippen molar-refractivity contribution in [2.45, 2.75) is 32.8 Å². The van der Waals surface area contributed by atoms with Crippen LogP contribution in [-0.4, -0.2) is 32.1 Å². The number of aromatic amines is 1. The minimum Gasteiger partial charge on any atom is -0.444 e. The zero-order valence-electron chi connectivity index (χ0n) is 20.0. The predicted molar refractivity (Wildman–Crippen MR) is 135 cm³/mol. The van der Waals surface area contributed by atoms with Crippen LogP contribution in [0.3, 0.4) is 0 Å². The summed E-state index contributed by atoms with van der Waals surface area (Å²) in [4.78, 5) is 45.0. The molecule has 2 aromatic heterocycles. The number of aromatic nitrogens is 3. The second kappa shape index (κ2) is 8.53. The highest BCUT2D eigenvalue weighted by atomic mass is 16.6. The number of nitriles is 1. The number of rotatable bonds is 4. The zero-order valence-corrected chi connectivity index (χ0v) is 20.0. The first-order chi connectivity index (χ1) is 17.1. The van der Waals surface area contributed by atoms with Crippen molar-refractivity contribution in [3.63, 3.8) is 0 Å². The third-order valence-corrected chi connectivity index (χ3v) is 5.85. The number of hydrogen-bond acceptors (Lipinski definition) is 6.